The Balaban J connectivity index is 1.41. The number of rotatable bonds is 53. The first-order valence-corrected chi connectivity index (χ1v) is 33.1. The molecule has 2 rings (SSSR count). The van der Waals surface area contributed by atoms with Crippen LogP contribution in [0.5, 0.6) is 11.5 Å². The van der Waals surface area contributed by atoms with Crippen molar-refractivity contribution in [3.05, 3.63) is 236 Å². The van der Waals surface area contributed by atoms with Crippen molar-refractivity contribution in [2.75, 3.05) is 31.6 Å². The molecule has 0 radical (unpaired) electrons. The number of carbonyl (C=O) groups excluding carboxylic acids is 3. The predicted molar refractivity (Wildman–Crippen MR) is 376 cm³/mol. The van der Waals surface area contributed by atoms with Gasteiger partial charge in [0.25, 0.3) is 17.7 Å². The molecule has 87 heavy (non-hydrogen) atoms. The van der Waals surface area contributed by atoms with Gasteiger partial charge >= 0.3 is 0 Å². The summed E-state index contributed by atoms with van der Waals surface area (Å²) < 4.78 is 11.3. The van der Waals surface area contributed by atoms with E-state index in [2.05, 4.69) is 200 Å². The van der Waals surface area contributed by atoms with Gasteiger partial charge in [-0.05, 0) is 228 Å². The van der Waals surface area contributed by atoms with E-state index in [0.29, 0.717) is 35.8 Å². The summed E-state index contributed by atoms with van der Waals surface area (Å²) in [5.41, 5.74) is 1.02. The number of ether oxygens (including phenoxy) is 2. The SMILES string of the molecule is CC/C=C\CC/C=C\CC/C=C\CC/C=C\CC/C=C\CC/C=C\CC/C=C\CC/C=C\CNC(=O)COc1ccc(C(=O)Nc2ccc(OCC(=O)NC/C=C\CC/C=C\CC/C=C\CC/C=C\CC/C=C\CC/C=C\CC/C=C\CC)cc2)cc1. The fourth-order valence-electron chi connectivity index (χ4n) is 8.35. The van der Waals surface area contributed by atoms with Crippen LogP contribution in [0.4, 0.5) is 5.69 Å². The van der Waals surface area contributed by atoms with Crippen molar-refractivity contribution >= 4 is 23.4 Å². The second-order valence-corrected chi connectivity index (χ2v) is 21.1. The van der Waals surface area contributed by atoms with Crippen LogP contribution in [0.1, 0.15) is 204 Å². The molecule has 0 aromatic heterocycles. The molecule has 0 atom stereocenters. The molecular weight excluding hydrogens is 1070 g/mol. The molecule has 3 amide bonds. The summed E-state index contributed by atoms with van der Waals surface area (Å²) in [6.07, 6.45) is 98.0. The van der Waals surface area contributed by atoms with Crippen LogP contribution in [0.3, 0.4) is 0 Å². The summed E-state index contributed by atoms with van der Waals surface area (Å²) in [6.45, 7) is 5.00. The van der Waals surface area contributed by atoms with E-state index in [-0.39, 0.29) is 30.9 Å². The van der Waals surface area contributed by atoms with Gasteiger partial charge in [-0.2, -0.15) is 0 Å². The maximum Gasteiger partial charge on any atom is 0.258 e. The maximum absolute atomic E-state index is 12.9. The van der Waals surface area contributed by atoms with Gasteiger partial charge in [-0.3, -0.25) is 14.4 Å². The molecular formula is C79H111N3O5. The highest BCUT2D eigenvalue weighted by atomic mass is 16.5. The van der Waals surface area contributed by atoms with Gasteiger partial charge in [0.05, 0.1) is 0 Å². The van der Waals surface area contributed by atoms with E-state index in [0.717, 1.165) is 180 Å². The number of benzene rings is 2. The van der Waals surface area contributed by atoms with E-state index in [4.69, 9.17) is 9.47 Å². The first kappa shape index (κ1) is 75.6. The predicted octanol–water partition coefficient (Wildman–Crippen LogP) is 21.2. The molecule has 3 N–H and O–H groups in total. The summed E-state index contributed by atoms with van der Waals surface area (Å²) in [4.78, 5) is 37.6. The third-order valence-electron chi connectivity index (χ3n) is 13.3. The summed E-state index contributed by atoms with van der Waals surface area (Å²) in [6, 6.07) is 13.5. The Hall–Kier alpha value is -7.45. The van der Waals surface area contributed by atoms with Crippen molar-refractivity contribution in [1.29, 1.82) is 0 Å². The topological polar surface area (TPSA) is 106 Å². The van der Waals surface area contributed by atoms with Gasteiger partial charge in [0.15, 0.2) is 13.2 Å². The Bertz CT molecular complexity index is 2490. The Morgan fingerprint density at radius 3 is 0.724 bits per heavy atom. The fourth-order valence-corrected chi connectivity index (χ4v) is 8.35. The van der Waals surface area contributed by atoms with Gasteiger partial charge < -0.3 is 25.4 Å². The molecule has 0 unspecified atom stereocenters. The molecule has 2 aromatic carbocycles. The molecule has 0 fully saturated rings. The van der Waals surface area contributed by atoms with Gasteiger partial charge in [0, 0.05) is 24.3 Å². The van der Waals surface area contributed by atoms with Gasteiger partial charge in [-0.25, -0.2) is 0 Å². The van der Waals surface area contributed by atoms with E-state index in [1.807, 2.05) is 12.2 Å². The van der Waals surface area contributed by atoms with E-state index >= 15 is 0 Å². The van der Waals surface area contributed by atoms with Crippen LogP contribution in [0, 0.1) is 0 Å². The summed E-state index contributed by atoms with van der Waals surface area (Å²) >= 11 is 0. The van der Waals surface area contributed by atoms with E-state index in [1.165, 1.54) is 0 Å². The number of carbonyl (C=O) groups is 3. The van der Waals surface area contributed by atoms with Crippen molar-refractivity contribution in [3.63, 3.8) is 0 Å². The minimum atomic E-state index is -0.292. The van der Waals surface area contributed by atoms with Crippen LogP contribution >= 0.6 is 0 Å². The average molecular weight is 1180 g/mol. The molecule has 0 saturated carbocycles. The lowest BCUT2D eigenvalue weighted by Crippen LogP contribution is -2.28. The molecule has 0 bridgehead atoms. The molecule has 472 valence electrons. The van der Waals surface area contributed by atoms with Crippen LogP contribution in [-0.4, -0.2) is 44.0 Å². The van der Waals surface area contributed by atoms with Crippen molar-refractivity contribution in [2.45, 2.75) is 194 Å². The minimum Gasteiger partial charge on any atom is -0.484 e. The highest BCUT2D eigenvalue weighted by molar-refractivity contribution is 6.04. The molecule has 0 spiro atoms. The fraction of sp³-hybridized carbons (Fsp3) is 0.430. The number of unbranched alkanes of at least 4 members (excludes halogenated alkanes) is 13. The highest BCUT2D eigenvalue weighted by Gasteiger charge is 2.09. The third kappa shape index (κ3) is 51.5. The molecule has 8 nitrogen and oxygen atoms in total. The van der Waals surface area contributed by atoms with Crippen molar-refractivity contribution < 1.29 is 23.9 Å². The van der Waals surface area contributed by atoms with E-state index < -0.39 is 0 Å². The molecule has 2 aromatic rings. The third-order valence-corrected chi connectivity index (χ3v) is 13.3. The second kappa shape index (κ2) is 60.2. The number of hydrogen-bond donors (Lipinski definition) is 3. The quantitative estimate of drug-likeness (QED) is 0.0452. The lowest BCUT2D eigenvalue weighted by atomic mass is 10.2. The number of hydrogen-bond acceptors (Lipinski definition) is 5. The summed E-state index contributed by atoms with van der Waals surface area (Å²) in [5.74, 6) is 0.279. The van der Waals surface area contributed by atoms with E-state index in [9.17, 15) is 14.4 Å². The number of nitrogens with one attached hydrogen (secondary N) is 3. The summed E-state index contributed by atoms with van der Waals surface area (Å²) in [5, 5.41) is 8.56. The highest BCUT2D eigenvalue weighted by Crippen LogP contribution is 2.18. The lowest BCUT2D eigenvalue weighted by Gasteiger charge is -2.09. The standard InChI is InChI=1S/C79H111N3O5/c1-3-5-7-9-11-13-15-17-19-21-23-25-27-29-31-32-33-34-36-38-40-42-43-45-47-49-51-53-55-57-59-69-80-77(83)71-86-75-65-61-73(62-66-75)79(85)82-74-63-67-76(68-64-74)87-72-78(84)81-70-60-58-56-54-52-50-48-46-44-41-39-37-35-30-28-26-24-22-20-18-16-14-12-10-8-6-4-2/h5-8,13-16,21-24,29-31,34-36,41-44,49-52,57-68H,3-4,9-12,17-20,25-28,32-33,37-40,45-48,53-56,69-72H2,1-2H3,(H,80,83)(H,81,84)(H,82,85)/b7-5-,8-6-,15-13-,16-14-,23-21-,24-22-,31-29-,35-30-,36-34-,43-42-,44-41-,51-49-,52-50-,59-57-,60-58-. The van der Waals surface area contributed by atoms with Crippen LogP contribution in [-0.2, 0) is 9.59 Å². The lowest BCUT2D eigenvalue weighted by molar-refractivity contribution is -0.123. The second-order valence-electron chi connectivity index (χ2n) is 21.1. The largest absolute Gasteiger partial charge is 0.484 e. The Labute approximate surface area is 528 Å². The maximum atomic E-state index is 12.9. The van der Waals surface area contributed by atoms with Crippen molar-refractivity contribution in [1.82, 2.24) is 10.6 Å². The van der Waals surface area contributed by atoms with Gasteiger partial charge in [0.1, 0.15) is 11.5 Å². The minimum absolute atomic E-state index is 0.109. The number of anilines is 1. The van der Waals surface area contributed by atoms with Crippen molar-refractivity contribution in [2.24, 2.45) is 0 Å². The van der Waals surface area contributed by atoms with Gasteiger partial charge in [-0.15, -0.1) is 0 Å². The average Bonchev–Trinajstić information content (AvgIpc) is 3.73. The smallest absolute Gasteiger partial charge is 0.258 e. The number of allylic oxidation sites excluding steroid dienone is 28. The van der Waals surface area contributed by atoms with Crippen LogP contribution in [0.2, 0.25) is 0 Å². The monoisotopic (exact) mass is 1180 g/mol. The summed E-state index contributed by atoms with van der Waals surface area (Å²) in [7, 11) is 0. The molecule has 0 aliphatic rings. The first-order valence-electron chi connectivity index (χ1n) is 33.1. The van der Waals surface area contributed by atoms with Crippen LogP contribution < -0.4 is 25.4 Å². The van der Waals surface area contributed by atoms with E-state index in [1.54, 1.807) is 48.5 Å². The zero-order chi connectivity index (χ0) is 62.1. The van der Waals surface area contributed by atoms with Gasteiger partial charge in [0.2, 0.25) is 0 Å². The van der Waals surface area contributed by atoms with Crippen molar-refractivity contribution in [3.8, 4) is 11.5 Å². The Kier molecular flexibility index (Phi) is 52.4. The molecule has 0 saturated heterocycles. The zero-order valence-corrected chi connectivity index (χ0v) is 53.6. The molecule has 0 heterocycles. The Morgan fingerprint density at radius 2 is 0.494 bits per heavy atom. The Morgan fingerprint density at radius 1 is 0.287 bits per heavy atom. The van der Waals surface area contributed by atoms with Crippen LogP contribution in [0.25, 0.3) is 0 Å². The normalized spacial score (nSPS) is 12.7. The van der Waals surface area contributed by atoms with Crippen LogP contribution in [0.15, 0.2) is 231 Å². The first-order chi connectivity index (χ1) is 43.0. The van der Waals surface area contributed by atoms with Gasteiger partial charge in [-0.1, -0.05) is 196 Å². The molecule has 8 heteroatoms. The number of amides is 3. The zero-order valence-electron chi connectivity index (χ0n) is 53.6. The molecule has 0 aliphatic carbocycles. The molecule has 0 aliphatic heterocycles.